The lowest BCUT2D eigenvalue weighted by atomic mass is 9.99. The molecule has 6 heteroatoms. The molecule has 3 rings (SSSR count). The van der Waals surface area contributed by atoms with Gasteiger partial charge in [-0.2, -0.15) is 0 Å². The minimum Gasteiger partial charge on any atom is -0.507 e. The number of aliphatic hydroxyl groups is 1. The summed E-state index contributed by atoms with van der Waals surface area (Å²) < 4.78 is 10.4. The Hall–Kier alpha value is -2.47. The molecule has 98 valence electrons. The minimum atomic E-state index is -1.21. The number of hydrogen-bond donors (Lipinski definition) is 3. The van der Waals surface area contributed by atoms with E-state index in [-0.39, 0.29) is 23.7 Å². The summed E-state index contributed by atoms with van der Waals surface area (Å²) in [6, 6.07) is 4.56. The average molecular weight is 262 g/mol. The molecule has 0 fully saturated rings. The van der Waals surface area contributed by atoms with Crippen LogP contribution in [-0.2, 0) is 6.61 Å². The lowest BCUT2D eigenvalue weighted by molar-refractivity contribution is 0.0693. The molecular weight excluding hydrogens is 252 g/mol. The van der Waals surface area contributed by atoms with Gasteiger partial charge in [0.15, 0.2) is 11.5 Å². The quantitative estimate of drug-likeness (QED) is 0.758. The third kappa shape index (κ3) is 1.65. The second kappa shape index (κ2) is 4.03. The highest BCUT2D eigenvalue weighted by Crippen LogP contribution is 2.41. The molecule has 0 aliphatic carbocycles. The number of ether oxygens (including phenoxy) is 2. The molecule has 1 aliphatic rings. The first-order chi connectivity index (χ1) is 9.11. The molecule has 0 bridgehead atoms. The van der Waals surface area contributed by atoms with Crippen LogP contribution >= 0.6 is 0 Å². The van der Waals surface area contributed by atoms with Crippen LogP contribution in [0.15, 0.2) is 18.2 Å². The average Bonchev–Trinajstić information content (AvgIpc) is 2.83. The Kier molecular flexibility index (Phi) is 2.46. The Bertz CT molecular complexity index is 691. The van der Waals surface area contributed by atoms with Gasteiger partial charge in [0.1, 0.15) is 5.75 Å². The van der Waals surface area contributed by atoms with Crippen molar-refractivity contribution in [3.05, 3.63) is 29.3 Å². The Morgan fingerprint density at radius 3 is 2.53 bits per heavy atom. The first-order valence-corrected chi connectivity index (χ1v) is 5.54. The van der Waals surface area contributed by atoms with Gasteiger partial charge in [0.2, 0.25) is 6.79 Å². The third-order valence-electron chi connectivity index (χ3n) is 3.10. The Balaban J connectivity index is 2.36. The van der Waals surface area contributed by atoms with Crippen LogP contribution in [0, 0.1) is 0 Å². The van der Waals surface area contributed by atoms with E-state index in [2.05, 4.69) is 0 Å². The van der Waals surface area contributed by atoms with Crippen molar-refractivity contribution in [3.8, 4) is 17.2 Å². The molecular formula is C13H10O6. The van der Waals surface area contributed by atoms with Crippen molar-refractivity contribution in [1.82, 2.24) is 0 Å². The van der Waals surface area contributed by atoms with E-state index in [0.29, 0.717) is 22.3 Å². The summed E-state index contributed by atoms with van der Waals surface area (Å²) in [6.45, 7) is -0.469. The van der Waals surface area contributed by atoms with Crippen LogP contribution in [0.25, 0.3) is 10.8 Å². The predicted octanol–water partition coefficient (Wildman–Crippen LogP) is 1.46. The molecule has 3 N–H and O–H groups in total. The summed E-state index contributed by atoms with van der Waals surface area (Å²) in [5.41, 5.74) is -0.148. The molecule has 1 heterocycles. The Morgan fingerprint density at radius 2 is 1.89 bits per heavy atom. The van der Waals surface area contributed by atoms with Gasteiger partial charge in [-0.3, -0.25) is 0 Å². The van der Waals surface area contributed by atoms with Crippen LogP contribution in [0.5, 0.6) is 17.2 Å². The monoisotopic (exact) mass is 262 g/mol. The number of aromatic hydroxyl groups is 1. The molecule has 0 atom stereocenters. The van der Waals surface area contributed by atoms with Gasteiger partial charge >= 0.3 is 5.97 Å². The molecule has 2 aromatic carbocycles. The first-order valence-electron chi connectivity index (χ1n) is 5.54. The van der Waals surface area contributed by atoms with E-state index in [1.165, 1.54) is 6.07 Å². The number of carboxylic acids is 1. The van der Waals surface area contributed by atoms with E-state index in [1.54, 1.807) is 12.1 Å². The third-order valence-corrected chi connectivity index (χ3v) is 3.10. The van der Waals surface area contributed by atoms with Gasteiger partial charge in [0.05, 0.1) is 12.2 Å². The molecule has 0 unspecified atom stereocenters. The maximum Gasteiger partial charge on any atom is 0.336 e. The van der Waals surface area contributed by atoms with Crippen LogP contribution in [0.4, 0.5) is 0 Å². The highest BCUT2D eigenvalue weighted by atomic mass is 16.7. The molecule has 0 saturated carbocycles. The number of carboxylic acid groups (broad SMARTS) is 1. The fraction of sp³-hybridized carbons (Fsp3) is 0.154. The highest BCUT2D eigenvalue weighted by molar-refractivity contribution is 6.00. The van der Waals surface area contributed by atoms with Crippen molar-refractivity contribution >= 4 is 16.7 Å². The van der Waals surface area contributed by atoms with Gasteiger partial charge in [-0.15, -0.1) is 0 Å². The van der Waals surface area contributed by atoms with Crippen LogP contribution in [0.1, 0.15) is 15.9 Å². The maximum absolute atomic E-state index is 11.1. The fourth-order valence-electron chi connectivity index (χ4n) is 2.17. The van der Waals surface area contributed by atoms with Gasteiger partial charge < -0.3 is 24.8 Å². The van der Waals surface area contributed by atoms with Crippen molar-refractivity contribution in [2.24, 2.45) is 0 Å². The van der Waals surface area contributed by atoms with E-state index in [1.807, 2.05) is 0 Å². The van der Waals surface area contributed by atoms with E-state index < -0.39 is 12.6 Å². The van der Waals surface area contributed by atoms with Crippen molar-refractivity contribution < 1.29 is 29.6 Å². The van der Waals surface area contributed by atoms with Crippen LogP contribution in [0.2, 0.25) is 0 Å². The fourth-order valence-corrected chi connectivity index (χ4v) is 2.17. The summed E-state index contributed by atoms with van der Waals surface area (Å²) in [5, 5.41) is 29.3. The predicted molar refractivity (Wildman–Crippen MR) is 64.6 cm³/mol. The second-order valence-corrected chi connectivity index (χ2v) is 4.14. The van der Waals surface area contributed by atoms with Crippen molar-refractivity contribution in [1.29, 1.82) is 0 Å². The Labute approximate surface area is 107 Å². The topological polar surface area (TPSA) is 96.2 Å². The number of benzene rings is 2. The summed E-state index contributed by atoms with van der Waals surface area (Å²) in [4.78, 5) is 11.1. The highest BCUT2D eigenvalue weighted by Gasteiger charge is 2.21. The van der Waals surface area contributed by atoms with Crippen LogP contribution in [0.3, 0.4) is 0 Å². The van der Waals surface area contributed by atoms with Crippen LogP contribution < -0.4 is 9.47 Å². The molecule has 19 heavy (non-hydrogen) atoms. The largest absolute Gasteiger partial charge is 0.507 e. The molecule has 0 spiro atoms. The number of fused-ring (bicyclic) bond motifs is 2. The molecule has 0 radical (unpaired) electrons. The summed E-state index contributed by atoms with van der Waals surface area (Å²) >= 11 is 0. The SMILES string of the molecule is O=C(O)c1cc2cc3c(cc2c(O)c1CO)OCO3. The van der Waals surface area contributed by atoms with E-state index in [0.717, 1.165) is 0 Å². The number of hydrogen-bond acceptors (Lipinski definition) is 5. The van der Waals surface area contributed by atoms with Gasteiger partial charge in [0.25, 0.3) is 0 Å². The van der Waals surface area contributed by atoms with E-state index >= 15 is 0 Å². The number of phenols is 1. The second-order valence-electron chi connectivity index (χ2n) is 4.14. The lowest BCUT2D eigenvalue weighted by Crippen LogP contribution is -2.03. The normalized spacial score (nSPS) is 12.9. The lowest BCUT2D eigenvalue weighted by Gasteiger charge is -2.10. The smallest absolute Gasteiger partial charge is 0.336 e. The molecule has 1 aliphatic heterocycles. The zero-order valence-corrected chi connectivity index (χ0v) is 9.71. The van der Waals surface area contributed by atoms with Crippen molar-refractivity contribution in [2.75, 3.05) is 6.79 Å². The van der Waals surface area contributed by atoms with Gasteiger partial charge in [0, 0.05) is 10.9 Å². The van der Waals surface area contributed by atoms with E-state index in [9.17, 15) is 15.0 Å². The van der Waals surface area contributed by atoms with Crippen molar-refractivity contribution in [3.63, 3.8) is 0 Å². The van der Waals surface area contributed by atoms with Crippen molar-refractivity contribution in [2.45, 2.75) is 6.61 Å². The molecule has 0 aromatic heterocycles. The van der Waals surface area contributed by atoms with Gasteiger partial charge in [-0.05, 0) is 23.6 Å². The van der Waals surface area contributed by atoms with Crippen LogP contribution in [-0.4, -0.2) is 28.1 Å². The number of aliphatic hydroxyl groups excluding tert-OH is 1. The van der Waals surface area contributed by atoms with Gasteiger partial charge in [-0.1, -0.05) is 0 Å². The summed E-state index contributed by atoms with van der Waals surface area (Å²) in [7, 11) is 0. The number of aromatic carboxylic acids is 1. The molecule has 2 aromatic rings. The molecule has 0 saturated heterocycles. The molecule has 0 amide bonds. The zero-order chi connectivity index (χ0) is 13.6. The molecule has 6 nitrogen and oxygen atoms in total. The summed E-state index contributed by atoms with van der Waals surface area (Å²) in [6.07, 6.45) is 0. The standard InChI is InChI=1S/C13H10O6/c14-4-9-8(13(16)17)1-6-2-10-11(19-5-18-10)3-7(6)12(9)15/h1-3,14-15H,4-5H2,(H,16,17). The first kappa shape index (κ1) is 11.6. The minimum absolute atomic E-state index is 0.0149. The Morgan fingerprint density at radius 1 is 1.21 bits per heavy atom. The number of rotatable bonds is 2. The maximum atomic E-state index is 11.1. The van der Waals surface area contributed by atoms with E-state index in [4.69, 9.17) is 14.6 Å². The zero-order valence-electron chi connectivity index (χ0n) is 9.71. The number of carbonyl (C=O) groups is 1. The van der Waals surface area contributed by atoms with Gasteiger partial charge in [-0.25, -0.2) is 4.79 Å². The summed E-state index contributed by atoms with van der Waals surface area (Å²) in [5.74, 6) is -0.482.